The molecular formula is C11H11N3OS. The molecule has 2 N–H and O–H groups in total. The number of phenols is 1. The molecule has 0 spiro atoms. The van der Waals surface area contributed by atoms with Crippen LogP contribution in [0.15, 0.2) is 36.9 Å². The number of nitrogens with zero attached hydrogens (tertiary/aromatic N) is 2. The minimum atomic E-state index is 0.230. The minimum absolute atomic E-state index is 0.230. The molecule has 1 aromatic heterocycles. The van der Waals surface area contributed by atoms with Crippen LogP contribution in [0.1, 0.15) is 0 Å². The molecule has 1 heterocycles. The summed E-state index contributed by atoms with van der Waals surface area (Å²) in [6.07, 6.45) is 1.76. The average Bonchev–Trinajstić information content (AvgIpc) is 2.63. The molecular weight excluding hydrogens is 222 g/mol. The van der Waals surface area contributed by atoms with Gasteiger partial charge in [-0.3, -0.25) is 9.67 Å². The highest BCUT2D eigenvalue weighted by atomic mass is 32.1. The Bertz CT molecular complexity index is 553. The summed E-state index contributed by atoms with van der Waals surface area (Å²) < 4.78 is 2.40. The zero-order valence-electron chi connectivity index (χ0n) is 8.55. The van der Waals surface area contributed by atoms with Gasteiger partial charge in [-0.15, -0.1) is 6.58 Å². The number of allylic oxidation sites excluding steroid dienone is 1. The van der Waals surface area contributed by atoms with Crippen molar-refractivity contribution >= 4 is 12.2 Å². The molecule has 0 radical (unpaired) electrons. The Kier molecular flexibility index (Phi) is 2.87. The first-order chi connectivity index (χ1) is 7.72. The summed E-state index contributed by atoms with van der Waals surface area (Å²) in [4.78, 5) is 0. The van der Waals surface area contributed by atoms with E-state index >= 15 is 0 Å². The highest BCUT2D eigenvalue weighted by Crippen LogP contribution is 2.20. The van der Waals surface area contributed by atoms with Gasteiger partial charge in [-0.05, 0) is 36.5 Å². The molecule has 5 heteroatoms. The molecule has 0 amide bonds. The van der Waals surface area contributed by atoms with Gasteiger partial charge >= 0.3 is 0 Å². The van der Waals surface area contributed by atoms with E-state index in [0.717, 1.165) is 11.4 Å². The lowest BCUT2D eigenvalue weighted by Crippen LogP contribution is -1.98. The summed E-state index contributed by atoms with van der Waals surface area (Å²) in [5, 5.41) is 16.1. The van der Waals surface area contributed by atoms with Gasteiger partial charge in [-0.2, -0.15) is 5.10 Å². The van der Waals surface area contributed by atoms with Crippen LogP contribution in [-0.2, 0) is 6.54 Å². The molecule has 0 fully saturated rings. The van der Waals surface area contributed by atoms with Gasteiger partial charge in [0.2, 0.25) is 0 Å². The van der Waals surface area contributed by atoms with Gasteiger partial charge in [0, 0.05) is 12.1 Å². The Balaban J connectivity index is 2.51. The first-order valence-corrected chi connectivity index (χ1v) is 5.18. The van der Waals surface area contributed by atoms with Crippen molar-refractivity contribution in [2.75, 3.05) is 0 Å². The molecule has 16 heavy (non-hydrogen) atoms. The quantitative estimate of drug-likeness (QED) is 0.632. The second-order valence-electron chi connectivity index (χ2n) is 3.30. The van der Waals surface area contributed by atoms with Crippen molar-refractivity contribution in [1.82, 2.24) is 14.8 Å². The van der Waals surface area contributed by atoms with Crippen LogP contribution in [0.5, 0.6) is 5.75 Å². The number of hydrogen-bond acceptors (Lipinski definition) is 3. The lowest BCUT2D eigenvalue weighted by atomic mass is 10.2. The Morgan fingerprint density at radius 1 is 1.44 bits per heavy atom. The fraction of sp³-hybridized carbons (Fsp3) is 0.0909. The third kappa shape index (κ3) is 1.90. The predicted molar refractivity (Wildman–Crippen MR) is 64.7 cm³/mol. The molecule has 0 aliphatic rings. The van der Waals surface area contributed by atoms with E-state index in [0.29, 0.717) is 11.3 Å². The van der Waals surface area contributed by atoms with Gasteiger partial charge in [-0.25, -0.2) is 0 Å². The highest BCUT2D eigenvalue weighted by Gasteiger charge is 2.07. The smallest absolute Gasteiger partial charge is 0.195 e. The van der Waals surface area contributed by atoms with E-state index in [1.807, 2.05) is 4.57 Å². The summed E-state index contributed by atoms with van der Waals surface area (Å²) in [6, 6.07) is 6.82. The maximum atomic E-state index is 9.21. The lowest BCUT2D eigenvalue weighted by Gasteiger charge is -2.03. The SMILES string of the molecule is C=CCn1c(-c2ccc(O)cc2)n[nH]c1=S. The molecule has 0 bridgehead atoms. The van der Waals surface area contributed by atoms with E-state index in [4.69, 9.17) is 12.2 Å². The van der Waals surface area contributed by atoms with E-state index in [1.165, 1.54) is 0 Å². The molecule has 0 saturated heterocycles. The third-order valence-electron chi connectivity index (χ3n) is 2.20. The minimum Gasteiger partial charge on any atom is -0.508 e. The molecule has 0 saturated carbocycles. The zero-order chi connectivity index (χ0) is 11.5. The van der Waals surface area contributed by atoms with E-state index in [2.05, 4.69) is 16.8 Å². The summed E-state index contributed by atoms with van der Waals surface area (Å²) in [5.41, 5.74) is 0.895. The second-order valence-corrected chi connectivity index (χ2v) is 3.69. The maximum Gasteiger partial charge on any atom is 0.195 e. The number of aromatic amines is 1. The first-order valence-electron chi connectivity index (χ1n) is 4.78. The molecule has 0 aliphatic heterocycles. The largest absolute Gasteiger partial charge is 0.508 e. The van der Waals surface area contributed by atoms with Crippen LogP contribution < -0.4 is 0 Å². The van der Waals surface area contributed by atoms with Gasteiger partial charge in [0.25, 0.3) is 0 Å². The number of H-pyrrole nitrogens is 1. The standard InChI is InChI=1S/C11H11N3OS/c1-2-7-14-10(12-13-11(14)16)8-3-5-9(15)6-4-8/h2-6,15H,1,7H2,(H,13,16). The van der Waals surface area contributed by atoms with Crippen molar-refractivity contribution in [2.24, 2.45) is 0 Å². The number of aromatic hydroxyl groups is 1. The van der Waals surface area contributed by atoms with E-state index in [9.17, 15) is 5.11 Å². The van der Waals surface area contributed by atoms with Crippen molar-refractivity contribution in [3.63, 3.8) is 0 Å². The van der Waals surface area contributed by atoms with Crippen molar-refractivity contribution in [3.05, 3.63) is 41.7 Å². The molecule has 82 valence electrons. The van der Waals surface area contributed by atoms with Crippen LogP contribution in [0.3, 0.4) is 0 Å². The summed E-state index contributed by atoms with van der Waals surface area (Å²) >= 11 is 5.11. The molecule has 0 atom stereocenters. The first kappa shape index (κ1) is 10.6. The number of hydrogen-bond donors (Lipinski definition) is 2. The summed E-state index contributed by atoms with van der Waals surface area (Å²) in [5.74, 6) is 0.970. The van der Waals surface area contributed by atoms with Crippen LogP contribution in [-0.4, -0.2) is 19.9 Å². The van der Waals surface area contributed by atoms with Crippen LogP contribution in [0.25, 0.3) is 11.4 Å². The summed E-state index contributed by atoms with van der Waals surface area (Å²) in [7, 11) is 0. The van der Waals surface area contributed by atoms with Gasteiger partial charge in [0.1, 0.15) is 5.75 Å². The molecule has 1 aromatic carbocycles. The number of aromatic nitrogens is 3. The second kappa shape index (κ2) is 4.32. The van der Waals surface area contributed by atoms with E-state index in [1.54, 1.807) is 30.3 Å². The summed E-state index contributed by atoms with van der Waals surface area (Å²) in [6.45, 7) is 4.28. The van der Waals surface area contributed by atoms with Crippen LogP contribution in [0.4, 0.5) is 0 Å². The van der Waals surface area contributed by atoms with E-state index in [-0.39, 0.29) is 5.75 Å². The molecule has 0 unspecified atom stereocenters. The normalized spacial score (nSPS) is 10.2. The Morgan fingerprint density at radius 2 is 2.12 bits per heavy atom. The molecule has 0 aliphatic carbocycles. The van der Waals surface area contributed by atoms with Gasteiger partial charge < -0.3 is 5.11 Å². The van der Waals surface area contributed by atoms with Gasteiger partial charge in [0.15, 0.2) is 10.6 Å². The van der Waals surface area contributed by atoms with Crippen molar-refractivity contribution in [2.45, 2.75) is 6.54 Å². The molecule has 2 aromatic rings. The predicted octanol–water partition coefficient (Wildman–Crippen LogP) is 2.50. The number of nitrogens with one attached hydrogen (secondary N) is 1. The number of benzene rings is 1. The van der Waals surface area contributed by atoms with Crippen LogP contribution >= 0.6 is 12.2 Å². The van der Waals surface area contributed by atoms with Crippen molar-refractivity contribution in [3.8, 4) is 17.1 Å². The van der Waals surface area contributed by atoms with Gasteiger partial charge in [-0.1, -0.05) is 6.08 Å². The topological polar surface area (TPSA) is 53.8 Å². The fourth-order valence-electron chi connectivity index (χ4n) is 1.45. The number of rotatable bonds is 3. The number of phenolic OH excluding ortho intramolecular Hbond substituents is 1. The average molecular weight is 233 g/mol. The van der Waals surface area contributed by atoms with E-state index < -0.39 is 0 Å². The fourth-order valence-corrected chi connectivity index (χ4v) is 1.65. The Morgan fingerprint density at radius 3 is 2.75 bits per heavy atom. The Labute approximate surface area is 97.9 Å². The monoisotopic (exact) mass is 233 g/mol. The van der Waals surface area contributed by atoms with Crippen LogP contribution in [0, 0.1) is 4.77 Å². The third-order valence-corrected chi connectivity index (χ3v) is 2.51. The highest BCUT2D eigenvalue weighted by molar-refractivity contribution is 7.71. The van der Waals surface area contributed by atoms with Crippen molar-refractivity contribution in [1.29, 1.82) is 0 Å². The lowest BCUT2D eigenvalue weighted by molar-refractivity contribution is 0.475. The zero-order valence-corrected chi connectivity index (χ0v) is 9.37. The maximum absolute atomic E-state index is 9.21. The van der Waals surface area contributed by atoms with Gasteiger partial charge in [0.05, 0.1) is 0 Å². The molecule has 2 rings (SSSR count). The molecule has 4 nitrogen and oxygen atoms in total. The Hall–Kier alpha value is -1.88. The van der Waals surface area contributed by atoms with Crippen molar-refractivity contribution < 1.29 is 5.11 Å². The van der Waals surface area contributed by atoms with Crippen LogP contribution in [0.2, 0.25) is 0 Å².